The molecule has 2 aromatic heterocycles. The maximum absolute atomic E-state index is 12.8. The molecule has 1 aliphatic heterocycles. The average molecular weight is 291 g/mol. The van der Waals surface area contributed by atoms with Crippen LogP contribution in [0.15, 0.2) is 24.7 Å². The second-order valence-corrected chi connectivity index (χ2v) is 5.02. The zero-order chi connectivity index (χ0) is 14.7. The van der Waals surface area contributed by atoms with E-state index in [1.807, 2.05) is 10.7 Å². The third kappa shape index (κ3) is 3.02. The Bertz CT molecular complexity index is 585. The fourth-order valence-corrected chi connectivity index (χ4v) is 2.64. The second kappa shape index (κ2) is 6.17. The molecule has 0 amide bonds. The third-order valence-corrected chi connectivity index (χ3v) is 3.70. The molecular weight excluding hydrogens is 273 g/mol. The van der Waals surface area contributed by atoms with Gasteiger partial charge in [0.25, 0.3) is 0 Å². The van der Waals surface area contributed by atoms with Crippen LogP contribution in [0.3, 0.4) is 0 Å². The topological polar surface area (TPSA) is 64.9 Å². The van der Waals surface area contributed by atoms with Crippen LogP contribution in [0.2, 0.25) is 0 Å². The van der Waals surface area contributed by atoms with Crippen LogP contribution in [-0.2, 0) is 11.3 Å². The van der Waals surface area contributed by atoms with Gasteiger partial charge in [-0.2, -0.15) is 5.10 Å². The van der Waals surface area contributed by atoms with Gasteiger partial charge >= 0.3 is 0 Å². The smallest absolute Gasteiger partial charge is 0.222 e. The highest BCUT2D eigenvalue weighted by molar-refractivity contribution is 5.23. The number of anilines is 1. The van der Waals surface area contributed by atoms with Crippen molar-refractivity contribution >= 4 is 5.95 Å². The SMILES string of the molecule is CCn1nccc1[C@@H]1OCC[C@H]1CNc1ncc(F)cn1. The molecule has 2 aromatic rings. The molecule has 3 heterocycles. The average Bonchev–Trinajstić information content (AvgIpc) is 3.14. The van der Waals surface area contributed by atoms with Crippen molar-refractivity contribution in [1.82, 2.24) is 19.7 Å². The molecule has 0 aromatic carbocycles. The zero-order valence-electron chi connectivity index (χ0n) is 11.9. The number of nitrogens with zero attached hydrogens (tertiary/aromatic N) is 4. The van der Waals surface area contributed by atoms with Gasteiger partial charge in [0.2, 0.25) is 5.95 Å². The van der Waals surface area contributed by atoms with Crippen molar-refractivity contribution in [2.45, 2.75) is 26.0 Å². The highest BCUT2D eigenvalue weighted by atomic mass is 19.1. The molecule has 0 spiro atoms. The molecule has 6 nitrogen and oxygen atoms in total. The number of hydrogen-bond acceptors (Lipinski definition) is 5. The van der Waals surface area contributed by atoms with Crippen LogP contribution in [0.4, 0.5) is 10.3 Å². The van der Waals surface area contributed by atoms with E-state index in [9.17, 15) is 4.39 Å². The lowest BCUT2D eigenvalue weighted by molar-refractivity contribution is 0.0858. The van der Waals surface area contributed by atoms with Gasteiger partial charge in [0.1, 0.15) is 6.10 Å². The van der Waals surface area contributed by atoms with Crippen LogP contribution in [0.5, 0.6) is 0 Å². The summed E-state index contributed by atoms with van der Waals surface area (Å²) in [7, 11) is 0. The van der Waals surface area contributed by atoms with Gasteiger partial charge < -0.3 is 10.1 Å². The molecule has 21 heavy (non-hydrogen) atoms. The number of aromatic nitrogens is 4. The first-order valence-corrected chi connectivity index (χ1v) is 7.12. The quantitative estimate of drug-likeness (QED) is 0.913. The molecule has 0 unspecified atom stereocenters. The Morgan fingerprint density at radius 1 is 1.43 bits per heavy atom. The molecule has 2 atom stereocenters. The minimum Gasteiger partial charge on any atom is -0.372 e. The summed E-state index contributed by atoms with van der Waals surface area (Å²) in [5.41, 5.74) is 1.10. The number of nitrogens with one attached hydrogen (secondary N) is 1. The minimum atomic E-state index is -0.436. The van der Waals surface area contributed by atoms with E-state index in [4.69, 9.17) is 4.74 Å². The van der Waals surface area contributed by atoms with Gasteiger partial charge in [-0.25, -0.2) is 14.4 Å². The lowest BCUT2D eigenvalue weighted by Crippen LogP contribution is -2.21. The lowest BCUT2D eigenvalue weighted by atomic mass is 9.99. The Morgan fingerprint density at radius 3 is 3.00 bits per heavy atom. The zero-order valence-corrected chi connectivity index (χ0v) is 11.9. The number of aryl methyl sites for hydroxylation is 1. The lowest BCUT2D eigenvalue weighted by Gasteiger charge is -2.19. The Labute approximate surface area is 122 Å². The minimum absolute atomic E-state index is 0.0281. The van der Waals surface area contributed by atoms with Gasteiger partial charge in [-0.3, -0.25) is 4.68 Å². The van der Waals surface area contributed by atoms with Crippen LogP contribution in [0.1, 0.15) is 25.1 Å². The highest BCUT2D eigenvalue weighted by Gasteiger charge is 2.31. The molecular formula is C14H18FN5O. The summed E-state index contributed by atoms with van der Waals surface area (Å²) < 4.78 is 20.6. The molecule has 1 aliphatic rings. The number of ether oxygens (including phenoxy) is 1. The molecule has 3 rings (SSSR count). The highest BCUT2D eigenvalue weighted by Crippen LogP contribution is 2.34. The summed E-state index contributed by atoms with van der Waals surface area (Å²) in [5, 5.41) is 7.44. The summed E-state index contributed by atoms with van der Waals surface area (Å²) >= 11 is 0. The summed E-state index contributed by atoms with van der Waals surface area (Å²) in [5.74, 6) is 0.321. The van der Waals surface area contributed by atoms with Crippen molar-refractivity contribution in [2.75, 3.05) is 18.5 Å². The Morgan fingerprint density at radius 2 is 2.24 bits per heavy atom. The van der Waals surface area contributed by atoms with Gasteiger partial charge in [-0.15, -0.1) is 0 Å². The fraction of sp³-hybridized carbons (Fsp3) is 0.500. The van der Waals surface area contributed by atoms with Gasteiger partial charge in [0.05, 0.1) is 18.1 Å². The second-order valence-electron chi connectivity index (χ2n) is 5.02. The largest absolute Gasteiger partial charge is 0.372 e. The predicted molar refractivity (Wildman–Crippen MR) is 75.2 cm³/mol. The van der Waals surface area contributed by atoms with Crippen LogP contribution >= 0.6 is 0 Å². The standard InChI is InChI=1S/C14H18FN5O/c1-2-20-12(3-5-19-20)13-10(4-6-21-13)7-16-14-17-8-11(15)9-18-14/h3,5,8-10,13H,2,4,6-7H2,1H3,(H,16,17,18)/t10-,13+/m0/s1. The predicted octanol–water partition coefficient (Wildman–Crippen LogP) is 2.02. The Kier molecular flexibility index (Phi) is 4.10. The fourth-order valence-electron chi connectivity index (χ4n) is 2.64. The van der Waals surface area contributed by atoms with E-state index >= 15 is 0 Å². The molecule has 7 heteroatoms. The van der Waals surface area contributed by atoms with Gasteiger partial charge in [-0.05, 0) is 19.4 Å². The summed E-state index contributed by atoms with van der Waals surface area (Å²) in [6.07, 6.45) is 5.11. The monoisotopic (exact) mass is 291 g/mol. The van der Waals surface area contributed by atoms with Crippen molar-refractivity contribution in [3.05, 3.63) is 36.2 Å². The van der Waals surface area contributed by atoms with E-state index in [0.717, 1.165) is 37.7 Å². The van der Waals surface area contributed by atoms with Gasteiger partial charge in [0.15, 0.2) is 5.82 Å². The van der Waals surface area contributed by atoms with Crippen molar-refractivity contribution in [3.8, 4) is 0 Å². The van der Waals surface area contributed by atoms with E-state index < -0.39 is 5.82 Å². The molecule has 0 radical (unpaired) electrons. The number of halogens is 1. The first-order chi connectivity index (χ1) is 10.3. The maximum Gasteiger partial charge on any atom is 0.222 e. The summed E-state index contributed by atoms with van der Waals surface area (Å²) in [4.78, 5) is 7.81. The van der Waals surface area contributed by atoms with E-state index in [-0.39, 0.29) is 6.10 Å². The van der Waals surface area contributed by atoms with E-state index in [0.29, 0.717) is 18.4 Å². The van der Waals surface area contributed by atoms with Crippen LogP contribution in [0.25, 0.3) is 0 Å². The van der Waals surface area contributed by atoms with Crippen LogP contribution < -0.4 is 5.32 Å². The van der Waals surface area contributed by atoms with Crippen LogP contribution in [-0.4, -0.2) is 32.9 Å². The molecule has 112 valence electrons. The summed E-state index contributed by atoms with van der Waals surface area (Å²) in [6, 6.07) is 2.00. The van der Waals surface area contributed by atoms with E-state index in [1.54, 1.807) is 6.20 Å². The normalized spacial score (nSPS) is 21.6. The molecule has 1 N–H and O–H groups in total. The Balaban J connectivity index is 1.66. The molecule has 0 saturated carbocycles. The van der Waals surface area contributed by atoms with Crippen molar-refractivity contribution < 1.29 is 9.13 Å². The van der Waals surface area contributed by atoms with Gasteiger partial charge in [0, 0.05) is 31.8 Å². The van der Waals surface area contributed by atoms with Gasteiger partial charge in [-0.1, -0.05) is 0 Å². The molecule has 1 saturated heterocycles. The van der Waals surface area contributed by atoms with Crippen LogP contribution in [0, 0.1) is 11.7 Å². The third-order valence-electron chi connectivity index (χ3n) is 3.70. The molecule has 0 bridgehead atoms. The van der Waals surface area contributed by atoms with E-state index in [1.165, 1.54) is 0 Å². The first kappa shape index (κ1) is 13.9. The number of hydrogen-bond donors (Lipinski definition) is 1. The first-order valence-electron chi connectivity index (χ1n) is 7.12. The Hall–Kier alpha value is -2.02. The number of rotatable bonds is 5. The van der Waals surface area contributed by atoms with Crippen molar-refractivity contribution in [1.29, 1.82) is 0 Å². The van der Waals surface area contributed by atoms with Crippen molar-refractivity contribution in [2.24, 2.45) is 5.92 Å². The van der Waals surface area contributed by atoms with E-state index in [2.05, 4.69) is 27.3 Å². The van der Waals surface area contributed by atoms with Crippen molar-refractivity contribution in [3.63, 3.8) is 0 Å². The molecule has 0 aliphatic carbocycles. The summed E-state index contributed by atoms with van der Waals surface area (Å²) in [6.45, 7) is 4.30. The molecule has 1 fully saturated rings. The maximum atomic E-state index is 12.8.